The summed E-state index contributed by atoms with van der Waals surface area (Å²) < 4.78 is 5.71. The molecule has 3 heterocycles. The van der Waals surface area contributed by atoms with Crippen LogP contribution < -0.4 is 5.32 Å². The number of hydrogen-bond donors (Lipinski definition) is 1. The third-order valence-electron chi connectivity index (χ3n) is 3.79. The van der Waals surface area contributed by atoms with Gasteiger partial charge in [-0.3, -0.25) is 9.97 Å². The number of halogens is 1. The third-order valence-corrected chi connectivity index (χ3v) is 4.02. The lowest BCUT2D eigenvalue weighted by Crippen LogP contribution is -2.33. The van der Waals surface area contributed by atoms with Gasteiger partial charge in [0.25, 0.3) is 0 Å². The van der Waals surface area contributed by atoms with Crippen LogP contribution in [-0.2, 0) is 17.6 Å². The number of pyridine rings is 2. The van der Waals surface area contributed by atoms with Crippen molar-refractivity contribution in [1.29, 1.82) is 0 Å². The highest BCUT2D eigenvalue weighted by molar-refractivity contribution is 6.30. The minimum absolute atomic E-state index is 0.0843. The summed E-state index contributed by atoms with van der Waals surface area (Å²) in [5.74, 6) is 0. The predicted octanol–water partition coefficient (Wildman–Crippen LogP) is 2.97. The fraction of sp³-hybridized carbons (Fsp3) is 0.412. The summed E-state index contributed by atoms with van der Waals surface area (Å²) in [5.41, 5.74) is 3.34. The Bertz CT molecular complexity index is 580. The van der Waals surface area contributed by atoms with Crippen LogP contribution in [-0.4, -0.2) is 29.7 Å². The van der Waals surface area contributed by atoms with Gasteiger partial charge in [-0.15, -0.1) is 0 Å². The van der Waals surface area contributed by atoms with Gasteiger partial charge in [0.1, 0.15) is 6.10 Å². The summed E-state index contributed by atoms with van der Waals surface area (Å²) in [5, 5.41) is 4.01. The summed E-state index contributed by atoms with van der Waals surface area (Å²) in [7, 11) is 0. The molecule has 1 fully saturated rings. The molecule has 0 aromatic carbocycles. The number of morpholine rings is 1. The van der Waals surface area contributed by atoms with E-state index in [1.807, 2.05) is 18.3 Å². The Morgan fingerprint density at radius 2 is 2.09 bits per heavy atom. The Labute approximate surface area is 135 Å². The van der Waals surface area contributed by atoms with Crippen molar-refractivity contribution < 1.29 is 4.74 Å². The summed E-state index contributed by atoms with van der Waals surface area (Å²) >= 11 is 5.83. The number of ether oxygens (including phenoxy) is 1. The molecular weight excluding hydrogens is 298 g/mol. The molecule has 5 heteroatoms. The van der Waals surface area contributed by atoms with Crippen molar-refractivity contribution in [3.05, 3.63) is 58.6 Å². The SMILES string of the molecule is Clc1ccc(CCCc2ccc(C3CNCCO3)nc2)nc1. The first kappa shape index (κ1) is 15.4. The van der Waals surface area contributed by atoms with E-state index in [2.05, 4.69) is 27.4 Å². The summed E-state index contributed by atoms with van der Waals surface area (Å²) in [4.78, 5) is 8.86. The Kier molecular flexibility index (Phi) is 5.38. The average Bonchev–Trinajstić information content (AvgIpc) is 2.58. The number of rotatable bonds is 5. The minimum atomic E-state index is 0.0843. The van der Waals surface area contributed by atoms with Gasteiger partial charge in [0.2, 0.25) is 0 Å². The van der Waals surface area contributed by atoms with E-state index in [0.717, 1.165) is 50.3 Å². The molecule has 2 aromatic rings. The van der Waals surface area contributed by atoms with Crippen LogP contribution in [0, 0.1) is 0 Å². The van der Waals surface area contributed by atoms with Gasteiger partial charge in [-0.05, 0) is 43.0 Å². The van der Waals surface area contributed by atoms with E-state index in [4.69, 9.17) is 16.3 Å². The van der Waals surface area contributed by atoms with Crippen molar-refractivity contribution in [3.8, 4) is 0 Å². The van der Waals surface area contributed by atoms with Gasteiger partial charge in [-0.1, -0.05) is 17.7 Å². The van der Waals surface area contributed by atoms with Crippen molar-refractivity contribution in [2.24, 2.45) is 0 Å². The smallest absolute Gasteiger partial charge is 0.112 e. The first-order valence-electron chi connectivity index (χ1n) is 7.69. The lowest BCUT2D eigenvalue weighted by molar-refractivity contribution is 0.0250. The van der Waals surface area contributed by atoms with Crippen molar-refractivity contribution in [3.63, 3.8) is 0 Å². The average molecular weight is 318 g/mol. The van der Waals surface area contributed by atoms with Gasteiger partial charge in [0, 0.05) is 31.2 Å². The molecule has 4 nitrogen and oxygen atoms in total. The van der Waals surface area contributed by atoms with Gasteiger partial charge in [-0.2, -0.15) is 0 Å². The molecule has 1 N–H and O–H groups in total. The predicted molar refractivity (Wildman–Crippen MR) is 87.1 cm³/mol. The second kappa shape index (κ2) is 7.68. The van der Waals surface area contributed by atoms with Gasteiger partial charge in [0.15, 0.2) is 0 Å². The largest absolute Gasteiger partial charge is 0.369 e. The molecule has 1 aliphatic rings. The zero-order valence-electron chi connectivity index (χ0n) is 12.5. The monoisotopic (exact) mass is 317 g/mol. The maximum absolute atomic E-state index is 5.83. The Morgan fingerprint density at radius 3 is 2.77 bits per heavy atom. The third kappa shape index (κ3) is 4.26. The number of aryl methyl sites for hydroxylation is 2. The van der Waals surface area contributed by atoms with Crippen LogP contribution >= 0.6 is 11.6 Å². The van der Waals surface area contributed by atoms with E-state index >= 15 is 0 Å². The molecule has 1 unspecified atom stereocenters. The minimum Gasteiger partial charge on any atom is -0.369 e. The molecule has 1 atom stereocenters. The summed E-state index contributed by atoms with van der Waals surface area (Å²) in [6.07, 6.45) is 6.75. The van der Waals surface area contributed by atoms with Gasteiger partial charge in [-0.25, -0.2) is 0 Å². The van der Waals surface area contributed by atoms with Crippen molar-refractivity contribution in [1.82, 2.24) is 15.3 Å². The molecule has 0 amide bonds. The van der Waals surface area contributed by atoms with E-state index in [0.29, 0.717) is 5.02 Å². The molecule has 2 aromatic heterocycles. The molecule has 0 radical (unpaired) electrons. The number of hydrogen-bond acceptors (Lipinski definition) is 4. The van der Waals surface area contributed by atoms with Gasteiger partial charge >= 0.3 is 0 Å². The molecule has 0 saturated carbocycles. The Morgan fingerprint density at radius 1 is 1.14 bits per heavy atom. The lowest BCUT2D eigenvalue weighted by atomic mass is 10.1. The zero-order valence-corrected chi connectivity index (χ0v) is 13.2. The van der Waals surface area contributed by atoms with Crippen molar-refractivity contribution >= 4 is 11.6 Å². The van der Waals surface area contributed by atoms with Crippen LogP contribution in [0.5, 0.6) is 0 Å². The normalized spacial score (nSPS) is 18.3. The zero-order chi connectivity index (χ0) is 15.2. The van der Waals surface area contributed by atoms with Gasteiger partial charge in [0.05, 0.1) is 17.3 Å². The highest BCUT2D eigenvalue weighted by Gasteiger charge is 2.16. The van der Waals surface area contributed by atoms with Crippen LogP contribution in [0.25, 0.3) is 0 Å². The van der Waals surface area contributed by atoms with E-state index in [1.165, 1.54) is 5.56 Å². The fourth-order valence-corrected chi connectivity index (χ4v) is 2.67. The van der Waals surface area contributed by atoms with Crippen LogP contribution in [0.3, 0.4) is 0 Å². The molecule has 22 heavy (non-hydrogen) atoms. The number of aromatic nitrogens is 2. The number of nitrogens with one attached hydrogen (secondary N) is 1. The standard InChI is InChI=1S/C17H20ClN3O/c18-14-5-6-15(20-11-14)3-1-2-13-4-7-16(21-10-13)17-12-19-8-9-22-17/h4-7,10-11,17,19H,1-3,8-9,12H2. The first-order chi connectivity index (χ1) is 10.8. The van der Waals surface area contributed by atoms with E-state index in [-0.39, 0.29) is 6.10 Å². The first-order valence-corrected chi connectivity index (χ1v) is 8.06. The molecule has 0 aliphatic carbocycles. The molecule has 3 rings (SSSR count). The molecule has 0 spiro atoms. The van der Waals surface area contributed by atoms with E-state index in [1.54, 1.807) is 6.20 Å². The number of nitrogens with zero attached hydrogens (tertiary/aromatic N) is 2. The maximum atomic E-state index is 5.83. The molecule has 116 valence electrons. The van der Waals surface area contributed by atoms with Crippen LogP contribution in [0.1, 0.15) is 29.5 Å². The fourth-order valence-electron chi connectivity index (χ4n) is 2.56. The van der Waals surface area contributed by atoms with Crippen LogP contribution in [0.4, 0.5) is 0 Å². The Balaban J connectivity index is 1.49. The second-order valence-corrected chi connectivity index (χ2v) is 5.91. The summed E-state index contributed by atoms with van der Waals surface area (Å²) in [6.45, 7) is 2.52. The molecule has 0 bridgehead atoms. The van der Waals surface area contributed by atoms with Crippen LogP contribution in [0.2, 0.25) is 5.02 Å². The van der Waals surface area contributed by atoms with Crippen molar-refractivity contribution in [2.75, 3.05) is 19.7 Å². The molecule has 1 saturated heterocycles. The maximum Gasteiger partial charge on any atom is 0.112 e. The van der Waals surface area contributed by atoms with Gasteiger partial charge < -0.3 is 10.1 Å². The molecular formula is C17H20ClN3O. The topological polar surface area (TPSA) is 47.0 Å². The lowest BCUT2D eigenvalue weighted by Gasteiger charge is -2.23. The van der Waals surface area contributed by atoms with E-state index < -0.39 is 0 Å². The highest BCUT2D eigenvalue weighted by atomic mass is 35.5. The quantitative estimate of drug-likeness (QED) is 0.921. The Hall–Kier alpha value is -1.49. The summed E-state index contributed by atoms with van der Waals surface area (Å²) in [6, 6.07) is 8.10. The van der Waals surface area contributed by atoms with Crippen molar-refractivity contribution in [2.45, 2.75) is 25.4 Å². The highest BCUT2D eigenvalue weighted by Crippen LogP contribution is 2.17. The van der Waals surface area contributed by atoms with Crippen LogP contribution in [0.15, 0.2) is 36.7 Å². The van der Waals surface area contributed by atoms with E-state index in [9.17, 15) is 0 Å². The second-order valence-electron chi connectivity index (χ2n) is 5.48. The molecule has 1 aliphatic heterocycles.